The summed E-state index contributed by atoms with van der Waals surface area (Å²) in [7, 11) is -3.99. The molecule has 0 amide bonds. The highest BCUT2D eigenvalue weighted by Crippen LogP contribution is 2.23. The Kier molecular flexibility index (Phi) is 3.85. The Morgan fingerprint density at radius 2 is 1.87 bits per heavy atom. The molecule has 0 saturated heterocycles. The second-order valence-electron chi connectivity index (χ2n) is 4.91. The van der Waals surface area contributed by atoms with Crippen molar-refractivity contribution in [3.05, 3.63) is 70.4 Å². The highest BCUT2D eigenvalue weighted by Gasteiger charge is 2.24. The van der Waals surface area contributed by atoms with Crippen molar-refractivity contribution in [3.63, 3.8) is 0 Å². The van der Waals surface area contributed by atoms with Gasteiger partial charge in [0.05, 0.1) is 4.92 Å². The molecule has 0 aliphatic heterocycles. The first-order valence-corrected chi connectivity index (χ1v) is 8.25. The molecule has 0 aliphatic rings. The number of nitrogens with one attached hydrogen (secondary N) is 2. The molecule has 2 aromatic carbocycles. The summed E-state index contributed by atoms with van der Waals surface area (Å²) in [5, 5.41) is 11.9. The van der Waals surface area contributed by atoms with E-state index in [0.717, 1.165) is 16.5 Å². The third-order valence-electron chi connectivity index (χ3n) is 3.49. The van der Waals surface area contributed by atoms with E-state index in [1.54, 1.807) is 12.3 Å². The quantitative estimate of drug-likeness (QED) is 0.553. The van der Waals surface area contributed by atoms with Crippen LogP contribution in [-0.4, -0.2) is 18.3 Å². The smallest absolute Gasteiger partial charge is 0.289 e. The van der Waals surface area contributed by atoms with Crippen molar-refractivity contribution in [1.29, 1.82) is 0 Å². The normalized spacial score (nSPS) is 11.7. The van der Waals surface area contributed by atoms with Crippen LogP contribution in [0.4, 0.5) is 5.69 Å². The highest BCUT2D eigenvalue weighted by molar-refractivity contribution is 7.89. The van der Waals surface area contributed by atoms with E-state index in [-0.39, 0.29) is 11.4 Å². The van der Waals surface area contributed by atoms with E-state index < -0.39 is 20.6 Å². The molecular formula is C15H13N3O4S. The zero-order chi connectivity index (χ0) is 16.4. The third kappa shape index (κ3) is 2.94. The van der Waals surface area contributed by atoms with Crippen LogP contribution in [0.15, 0.2) is 59.6 Å². The van der Waals surface area contributed by atoms with Crippen LogP contribution in [0.1, 0.15) is 5.56 Å². The molecule has 1 heterocycles. The standard InChI is InChI=1S/C15H13N3O4S/c19-18(20)14-6-1-2-7-15(14)23(21,22)17-10-11-4-3-5-13-12(11)8-9-16-13/h1-9,16-17H,10H2. The topological polar surface area (TPSA) is 105 Å². The van der Waals surface area contributed by atoms with Gasteiger partial charge in [-0.1, -0.05) is 24.3 Å². The average molecular weight is 331 g/mol. The number of hydrogen-bond acceptors (Lipinski definition) is 4. The second-order valence-corrected chi connectivity index (χ2v) is 6.64. The van der Waals surface area contributed by atoms with E-state index in [1.165, 1.54) is 24.3 Å². The number of H-pyrrole nitrogens is 1. The van der Waals surface area contributed by atoms with E-state index in [1.807, 2.05) is 18.2 Å². The van der Waals surface area contributed by atoms with E-state index in [2.05, 4.69) is 9.71 Å². The van der Waals surface area contributed by atoms with Crippen LogP contribution in [0.5, 0.6) is 0 Å². The Morgan fingerprint density at radius 3 is 2.65 bits per heavy atom. The van der Waals surface area contributed by atoms with Crippen LogP contribution in [0, 0.1) is 10.1 Å². The summed E-state index contributed by atoms with van der Waals surface area (Å²) in [5.74, 6) is 0. The molecule has 0 saturated carbocycles. The minimum Gasteiger partial charge on any atom is -0.361 e. The lowest BCUT2D eigenvalue weighted by atomic mass is 10.1. The Morgan fingerprint density at radius 1 is 1.09 bits per heavy atom. The summed E-state index contributed by atoms with van der Waals surface area (Å²) in [6.07, 6.45) is 1.77. The molecule has 3 rings (SSSR count). The van der Waals surface area contributed by atoms with E-state index in [0.29, 0.717) is 0 Å². The first kappa shape index (κ1) is 15.2. The van der Waals surface area contributed by atoms with Crippen LogP contribution in [0.25, 0.3) is 10.9 Å². The molecule has 3 aromatic rings. The monoisotopic (exact) mass is 331 g/mol. The number of nitrogens with zero attached hydrogens (tertiary/aromatic N) is 1. The van der Waals surface area contributed by atoms with E-state index >= 15 is 0 Å². The fourth-order valence-electron chi connectivity index (χ4n) is 2.39. The molecule has 0 fully saturated rings. The first-order chi connectivity index (χ1) is 11.0. The lowest BCUT2D eigenvalue weighted by molar-refractivity contribution is -0.387. The number of rotatable bonds is 5. The molecule has 2 N–H and O–H groups in total. The van der Waals surface area contributed by atoms with Crippen molar-refractivity contribution in [1.82, 2.24) is 9.71 Å². The van der Waals surface area contributed by atoms with Crippen LogP contribution in [0.2, 0.25) is 0 Å². The van der Waals surface area contributed by atoms with Crippen LogP contribution < -0.4 is 4.72 Å². The fourth-order valence-corrected chi connectivity index (χ4v) is 3.57. The molecule has 0 bridgehead atoms. The second kappa shape index (κ2) is 5.82. The zero-order valence-corrected chi connectivity index (χ0v) is 12.7. The highest BCUT2D eigenvalue weighted by atomic mass is 32.2. The number of aromatic nitrogens is 1. The lowest BCUT2D eigenvalue weighted by Crippen LogP contribution is -2.24. The van der Waals surface area contributed by atoms with E-state index in [4.69, 9.17) is 0 Å². The average Bonchev–Trinajstić information content (AvgIpc) is 3.02. The first-order valence-electron chi connectivity index (χ1n) is 6.77. The van der Waals surface area contributed by atoms with Gasteiger partial charge < -0.3 is 4.98 Å². The number of benzene rings is 2. The molecule has 0 aliphatic carbocycles. The van der Waals surface area contributed by atoms with Gasteiger partial charge in [-0.25, -0.2) is 13.1 Å². The molecule has 0 radical (unpaired) electrons. The van der Waals surface area contributed by atoms with Crippen molar-refractivity contribution < 1.29 is 13.3 Å². The van der Waals surface area contributed by atoms with Crippen molar-refractivity contribution in [2.45, 2.75) is 11.4 Å². The fraction of sp³-hybridized carbons (Fsp3) is 0.0667. The summed E-state index contributed by atoms with van der Waals surface area (Å²) in [4.78, 5) is 13.0. The number of aromatic amines is 1. The zero-order valence-electron chi connectivity index (χ0n) is 11.9. The van der Waals surface area contributed by atoms with E-state index in [9.17, 15) is 18.5 Å². The predicted molar refractivity (Wildman–Crippen MR) is 85.4 cm³/mol. The summed E-state index contributed by atoms with van der Waals surface area (Å²) in [6, 6.07) is 12.6. The Hall–Kier alpha value is -2.71. The Balaban J connectivity index is 1.91. The van der Waals surface area contributed by atoms with Crippen molar-refractivity contribution >= 4 is 26.6 Å². The van der Waals surface area contributed by atoms with Gasteiger partial charge >= 0.3 is 0 Å². The number of nitro benzene ring substituents is 1. The number of sulfonamides is 1. The Bertz CT molecular complexity index is 979. The summed E-state index contributed by atoms with van der Waals surface area (Å²) in [6.45, 7) is 0.0452. The number of para-hydroxylation sites is 1. The molecule has 23 heavy (non-hydrogen) atoms. The third-order valence-corrected chi connectivity index (χ3v) is 4.94. The molecule has 118 valence electrons. The lowest BCUT2D eigenvalue weighted by Gasteiger charge is -2.08. The molecule has 7 nitrogen and oxygen atoms in total. The summed E-state index contributed by atoms with van der Waals surface area (Å²) in [5.41, 5.74) is 1.23. The van der Waals surface area contributed by atoms with Gasteiger partial charge in [0.2, 0.25) is 10.0 Å². The molecule has 0 unspecified atom stereocenters. The van der Waals surface area contributed by atoms with Crippen molar-refractivity contribution in [3.8, 4) is 0 Å². The minimum atomic E-state index is -3.99. The van der Waals surface area contributed by atoms with Crippen molar-refractivity contribution in [2.24, 2.45) is 0 Å². The van der Waals surface area contributed by atoms with Gasteiger partial charge in [0.15, 0.2) is 4.90 Å². The molecule has 8 heteroatoms. The van der Waals surface area contributed by atoms with Gasteiger partial charge in [-0.2, -0.15) is 0 Å². The maximum Gasteiger partial charge on any atom is 0.289 e. The van der Waals surface area contributed by atoms with Crippen molar-refractivity contribution in [2.75, 3.05) is 0 Å². The van der Waals surface area contributed by atoms with Gasteiger partial charge in [-0.05, 0) is 23.8 Å². The minimum absolute atomic E-state index is 0.0452. The largest absolute Gasteiger partial charge is 0.361 e. The van der Waals surface area contributed by atoms with Gasteiger partial charge in [0.25, 0.3) is 5.69 Å². The molecule has 0 atom stereocenters. The van der Waals surface area contributed by atoms with Crippen LogP contribution in [-0.2, 0) is 16.6 Å². The van der Waals surface area contributed by atoms with Gasteiger partial charge in [0.1, 0.15) is 0 Å². The maximum atomic E-state index is 12.4. The number of fused-ring (bicyclic) bond motifs is 1. The van der Waals surface area contributed by atoms with Crippen LogP contribution in [0.3, 0.4) is 0 Å². The molecule has 0 spiro atoms. The number of nitro groups is 1. The maximum absolute atomic E-state index is 12.4. The Labute approximate surface area is 132 Å². The van der Waals surface area contributed by atoms with Gasteiger partial charge in [-0.3, -0.25) is 10.1 Å². The van der Waals surface area contributed by atoms with Crippen LogP contribution >= 0.6 is 0 Å². The summed E-state index contributed by atoms with van der Waals surface area (Å²) < 4.78 is 27.2. The number of hydrogen-bond donors (Lipinski definition) is 2. The van der Waals surface area contributed by atoms with Gasteiger partial charge in [-0.15, -0.1) is 0 Å². The summed E-state index contributed by atoms with van der Waals surface area (Å²) >= 11 is 0. The van der Waals surface area contributed by atoms with Gasteiger partial charge in [0, 0.05) is 29.7 Å². The predicted octanol–water partition coefficient (Wildman–Crippen LogP) is 2.55. The SMILES string of the molecule is O=[N+]([O-])c1ccccc1S(=O)(=O)NCc1cccc2[nH]ccc12. The molecular weight excluding hydrogens is 318 g/mol. The molecule has 1 aromatic heterocycles.